The number of esters is 1. The highest BCUT2D eigenvalue weighted by atomic mass is 16.7. The molecule has 1 aliphatic heterocycles. The van der Waals surface area contributed by atoms with E-state index in [1.807, 2.05) is 52.8 Å². The summed E-state index contributed by atoms with van der Waals surface area (Å²) in [4.78, 5) is 16.6. The van der Waals surface area contributed by atoms with Gasteiger partial charge in [0.05, 0.1) is 18.3 Å². The maximum absolute atomic E-state index is 11.8. The molecule has 0 radical (unpaired) electrons. The van der Waals surface area contributed by atoms with Gasteiger partial charge in [-0.05, 0) is 51.2 Å². The molecule has 0 aliphatic carbocycles. The van der Waals surface area contributed by atoms with Gasteiger partial charge in [0, 0.05) is 6.42 Å². The van der Waals surface area contributed by atoms with Crippen LogP contribution in [-0.2, 0) is 30.1 Å². The van der Waals surface area contributed by atoms with Crippen LogP contribution in [0.4, 0.5) is 0 Å². The molecule has 0 atom stereocenters. The molecule has 25 heavy (non-hydrogen) atoms. The van der Waals surface area contributed by atoms with Crippen LogP contribution in [0.5, 0.6) is 0 Å². The normalized spacial score (nSPS) is 19.0. The van der Waals surface area contributed by atoms with Crippen LogP contribution in [0.1, 0.15) is 38.8 Å². The van der Waals surface area contributed by atoms with Crippen molar-refractivity contribution in [2.75, 3.05) is 14.2 Å². The molecule has 0 aromatic heterocycles. The van der Waals surface area contributed by atoms with Gasteiger partial charge in [-0.15, -0.1) is 0 Å². The van der Waals surface area contributed by atoms with Crippen molar-refractivity contribution in [3.8, 4) is 0 Å². The van der Waals surface area contributed by atoms with Crippen LogP contribution in [0.15, 0.2) is 23.4 Å². The van der Waals surface area contributed by atoms with Crippen molar-refractivity contribution in [3.05, 3.63) is 29.3 Å². The first-order valence-corrected chi connectivity index (χ1v) is 8.24. The smallest absolute Gasteiger partial charge is 0.464 e. The van der Waals surface area contributed by atoms with Gasteiger partial charge in [0.15, 0.2) is 5.71 Å². The Hall–Kier alpha value is -1.86. The van der Waals surface area contributed by atoms with E-state index in [9.17, 15) is 4.79 Å². The number of methoxy groups -OCH3 is 1. The summed E-state index contributed by atoms with van der Waals surface area (Å²) in [7, 11) is 2.27. The van der Waals surface area contributed by atoms with Crippen molar-refractivity contribution in [1.82, 2.24) is 0 Å². The van der Waals surface area contributed by atoms with Crippen LogP contribution in [0.2, 0.25) is 0 Å². The van der Waals surface area contributed by atoms with E-state index in [4.69, 9.17) is 18.9 Å². The number of hydrogen-bond acceptors (Lipinski definition) is 6. The lowest BCUT2D eigenvalue weighted by molar-refractivity contribution is -0.133. The van der Waals surface area contributed by atoms with Crippen LogP contribution in [0.25, 0.3) is 0 Å². The van der Waals surface area contributed by atoms with E-state index < -0.39 is 24.3 Å². The van der Waals surface area contributed by atoms with Gasteiger partial charge < -0.3 is 18.9 Å². The summed E-state index contributed by atoms with van der Waals surface area (Å²) in [5, 5.41) is 3.78. The predicted molar refractivity (Wildman–Crippen MR) is 97.1 cm³/mol. The highest BCUT2D eigenvalue weighted by Gasteiger charge is 2.51. The molecular formula is C18H26BNO5. The van der Waals surface area contributed by atoms with E-state index in [1.54, 1.807) is 0 Å². The number of nitrogens with zero attached hydrogens (tertiary/aromatic N) is 1. The third kappa shape index (κ3) is 4.04. The Balaban J connectivity index is 2.30. The number of hydrogen-bond donors (Lipinski definition) is 0. The third-order valence-electron chi connectivity index (χ3n) is 4.88. The van der Waals surface area contributed by atoms with Gasteiger partial charge in [-0.2, -0.15) is 0 Å². The topological polar surface area (TPSA) is 66.3 Å². The molecule has 1 heterocycles. The van der Waals surface area contributed by atoms with Gasteiger partial charge >= 0.3 is 13.1 Å². The number of carbonyl (C=O) groups is 1. The Morgan fingerprint density at radius 2 is 1.76 bits per heavy atom. The molecule has 7 heteroatoms. The first kappa shape index (κ1) is 19.5. The average molecular weight is 347 g/mol. The fourth-order valence-corrected chi connectivity index (χ4v) is 2.56. The Morgan fingerprint density at radius 1 is 1.16 bits per heavy atom. The number of benzene rings is 1. The molecular weight excluding hydrogens is 321 g/mol. The molecule has 136 valence electrons. The van der Waals surface area contributed by atoms with E-state index in [0.29, 0.717) is 6.42 Å². The summed E-state index contributed by atoms with van der Waals surface area (Å²) in [6.45, 7) is 10.0. The summed E-state index contributed by atoms with van der Waals surface area (Å²) in [6.07, 6.45) is 0.305. The number of oxime groups is 1. The van der Waals surface area contributed by atoms with Crippen LogP contribution < -0.4 is 5.46 Å². The molecule has 0 bridgehead atoms. The predicted octanol–water partition coefficient (Wildman–Crippen LogP) is 2.01. The Bertz CT molecular complexity index is 668. The van der Waals surface area contributed by atoms with Crippen LogP contribution in [0, 0.1) is 6.92 Å². The molecule has 1 saturated heterocycles. The summed E-state index contributed by atoms with van der Waals surface area (Å²) in [5.41, 5.74) is 2.27. The van der Waals surface area contributed by atoms with Crippen molar-refractivity contribution in [1.29, 1.82) is 0 Å². The van der Waals surface area contributed by atoms with Gasteiger partial charge in [0.1, 0.15) is 7.11 Å². The van der Waals surface area contributed by atoms with Gasteiger partial charge in [-0.3, -0.25) is 0 Å². The first-order valence-electron chi connectivity index (χ1n) is 8.24. The first-order chi connectivity index (χ1) is 11.6. The van der Waals surface area contributed by atoms with Crippen molar-refractivity contribution < 1.29 is 23.7 Å². The van der Waals surface area contributed by atoms with Crippen molar-refractivity contribution >= 4 is 24.3 Å². The summed E-state index contributed by atoms with van der Waals surface area (Å²) >= 11 is 0. The minimum absolute atomic E-state index is 0.208. The van der Waals surface area contributed by atoms with Crippen LogP contribution >= 0.6 is 0 Å². The quantitative estimate of drug-likeness (QED) is 0.353. The Labute approximate surface area is 149 Å². The third-order valence-corrected chi connectivity index (χ3v) is 4.88. The van der Waals surface area contributed by atoms with Crippen LogP contribution in [0.3, 0.4) is 0 Å². The zero-order valence-corrected chi connectivity index (χ0v) is 16.0. The molecule has 1 aromatic rings. The van der Waals surface area contributed by atoms with Gasteiger partial charge in [-0.25, -0.2) is 4.79 Å². The van der Waals surface area contributed by atoms with E-state index >= 15 is 0 Å². The molecule has 6 nitrogen and oxygen atoms in total. The van der Waals surface area contributed by atoms with Gasteiger partial charge in [0.25, 0.3) is 0 Å². The van der Waals surface area contributed by atoms with E-state index in [1.165, 1.54) is 14.2 Å². The highest BCUT2D eigenvalue weighted by molar-refractivity contribution is 6.62. The Kier molecular flexibility index (Phi) is 5.59. The van der Waals surface area contributed by atoms with Crippen molar-refractivity contribution in [2.24, 2.45) is 5.16 Å². The fraction of sp³-hybridized carbons (Fsp3) is 0.556. The molecule has 0 spiro atoms. The van der Waals surface area contributed by atoms with E-state index in [0.717, 1.165) is 16.6 Å². The molecule has 1 fully saturated rings. The molecule has 2 rings (SSSR count). The SMILES string of the molecule is CO/N=C(/Cc1cc(B2OC(C)(C)C(C)(C)O2)ccc1C)C(=O)OC. The van der Waals surface area contributed by atoms with Gasteiger partial charge in [0.2, 0.25) is 0 Å². The minimum Gasteiger partial charge on any atom is -0.464 e. The van der Waals surface area contributed by atoms with Crippen molar-refractivity contribution in [2.45, 2.75) is 52.2 Å². The molecule has 0 amide bonds. The lowest BCUT2D eigenvalue weighted by Gasteiger charge is -2.32. The lowest BCUT2D eigenvalue weighted by atomic mass is 9.77. The zero-order valence-electron chi connectivity index (χ0n) is 16.0. The molecule has 0 N–H and O–H groups in total. The molecule has 0 saturated carbocycles. The van der Waals surface area contributed by atoms with Gasteiger partial charge in [-0.1, -0.05) is 23.4 Å². The standard InChI is InChI=1S/C18H26BNO5/c1-12-8-9-14(19-24-17(2,3)18(4,5)25-19)10-13(12)11-15(20-23-7)16(21)22-6/h8-10H,11H2,1-7H3/b20-15-. The second-order valence-corrected chi connectivity index (χ2v) is 7.16. The second kappa shape index (κ2) is 7.18. The largest absolute Gasteiger partial charge is 0.494 e. The monoisotopic (exact) mass is 347 g/mol. The number of ether oxygens (including phenoxy) is 1. The fourth-order valence-electron chi connectivity index (χ4n) is 2.56. The zero-order chi connectivity index (χ0) is 18.8. The average Bonchev–Trinajstić information content (AvgIpc) is 2.76. The Morgan fingerprint density at radius 3 is 2.28 bits per heavy atom. The van der Waals surface area contributed by atoms with Crippen molar-refractivity contribution in [3.63, 3.8) is 0 Å². The lowest BCUT2D eigenvalue weighted by Crippen LogP contribution is -2.41. The molecule has 0 unspecified atom stereocenters. The number of aryl methyl sites for hydroxylation is 1. The van der Waals surface area contributed by atoms with E-state index in [2.05, 4.69) is 5.16 Å². The second-order valence-electron chi connectivity index (χ2n) is 7.16. The highest BCUT2D eigenvalue weighted by Crippen LogP contribution is 2.36. The maximum atomic E-state index is 11.8. The van der Waals surface area contributed by atoms with E-state index in [-0.39, 0.29) is 5.71 Å². The number of rotatable bonds is 5. The molecule has 1 aliphatic rings. The summed E-state index contributed by atoms with van der Waals surface area (Å²) in [5.74, 6) is -0.512. The number of carbonyl (C=O) groups excluding carboxylic acids is 1. The summed E-state index contributed by atoms with van der Waals surface area (Å²) < 4.78 is 17.0. The van der Waals surface area contributed by atoms with Crippen LogP contribution in [-0.4, -0.2) is 44.2 Å². The molecule has 1 aromatic carbocycles. The maximum Gasteiger partial charge on any atom is 0.494 e. The minimum atomic E-state index is -0.512. The summed E-state index contributed by atoms with van der Waals surface area (Å²) in [6, 6.07) is 5.94.